The molecule has 0 heterocycles. The van der Waals surface area contributed by atoms with Crippen LogP contribution in [0, 0.1) is 5.41 Å². The van der Waals surface area contributed by atoms with Gasteiger partial charge in [0.15, 0.2) is 15.9 Å². The van der Waals surface area contributed by atoms with Gasteiger partial charge in [-0.05, 0) is 42.3 Å². The second-order valence-electron chi connectivity index (χ2n) is 7.80. The number of amides is 1. The van der Waals surface area contributed by atoms with E-state index in [1.165, 1.54) is 0 Å². The van der Waals surface area contributed by atoms with Crippen LogP contribution in [-0.2, 0) is 14.6 Å². The van der Waals surface area contributed by atoms with Crippen molar-refractivity contribution in [2.75, 3.05) is 11.1 Å². The second kappa shape index (κ2) is 11.0. The van der Waals surface area contributed by atoms with Crippen molar-refractivity contribution in [2.24, 2.45) is 5.73 Å². The fourth-order valence-corrected chi connectivity index (χ4v) is 4.61. The zero-order valence-electron chi connectivity index (χ0n) is 19.2. The van der Waals surface area contributed by atoms with Gasteiger partial charge in [0.2, 0.25) is 0 Å². The van der Waals surface area contributed by atoms with Crippen LogP contribution in [-0.4, -0.2) is 32.0 Å². The molecule has 7 nitrogen and oxygen atoms in total. The van der Waals surface area contributed by atoms with Crippen molar-refractivity contribution in [3.63, 3.8) is 0 Å². The predicted molar refractivity (Wildman–Crippen MR) is 135 cm³/mol. The summed E-state index contributed by atoms with van der Waals surface area (Å²) in [6, 6.07) is 20.7. The van der Waals surface area contributed by atoms with E-state index in [9.17, 15) is 13.2 Å². The minimum atomic E-state index is -3.37. The van der Waals surface area contributed by atoms with Crippen LogP contribution in [0.2, 0.25) is 0 Å². The number of carbonyl (C=O) groups is 1. The van der Waals surface area contributed by atoms with E-state index in [0.29, 0.717) is 33.9 Å². The molecule has 34 heavy (non-hydrogen) atoms. The monoisotopic (exact) mass is 479 g/mol. The molecule has 0 spiro atoms. The molecule has 0 fully saturated rings. The highest BCUT2D eigenvalue weighted by Gasteiger charge is 2.21. The molecule has 178 valence electrons. The summed E-state index contributed by atoms with van der Waals surface area (Å²) in [5.74, 6) is 0.115. The van der Waals surface area contributed by atoms with Gasteiger partial charge >= 0.3 is 0 Å². The van der Waals surface area contributed by atoms with Crippen LogP contribution in [0.1, 0.15) is 32.3 Å². The molecule has 1 atom stereocenters. The SMILES string of the molecule is CCCC(Oc1cccc(C(=N)N)c1)C(=O)Nc1ccc(-c2ccccc2S(=O)(=O)CC)cc1. The van der Waals surface area contributed by atoms with Crippen molar-refractivity contribution in [2.45, 2.75) is 37.7 Å². The lowest BCUT2D eigenvalue weighted by Gasteiger charge is -2.19. The Morgan fingerprint density at radius 1 is 1.03 bits per heavy atom. The van der Waals surface area contributed by atoms with Crippen LogP contribution < -0.4 is 15.8 Å². The molecule has 1 unspecified atom stereocenters. The van der Waals surface area contributed by atoms with Crippen LogP contribution in [0.15, 0.2) is 77.7 Å². The van der Waals surface area contributed by atoms with Gasteiger partial charge in [-0.2, -0.15) is 0 Å². The van der Waals surface area contributed by atoms with Gasteiger partial charge in [0.25, 0.3) is 5.91 Å². The highest BCUT2D eigenvalue weighted by molar-refractivity contribution is 7.91. The Hall–Kier alpha value is -3.65. The van der Waals surface area contributed by atoms with Crippen LogP contribution in [0.25, 0.3) is 11.1 Å². The van der Waals surface area contributed by atoms with Gasteiger partial charge < -0.3 is 15.8 Å². The molecule has 0 bridgehead atoms. The molecule has 0 aliphatic rings. The third-order valence-electron chi connectivity index (χ3n) is 5.33. The van der Waals surface area contributed by atoms with Gasteiger partial charge in [-0.25, -0.2) is 8.42 Å². The first-order valence-electron chi connectivity index (χ1n) is 11.1. The Morgan fingerprint density at radius 2 is 1.74 bits per heavy atom. The number of amidine groups is 1. The van der Waals surface area contributed by atoms with E-state index in [1.807, 2.05) is 6.92 Å². The zero-order valence-corrected chi connectivity index (χ0v) is 20.1. The van der Waals surface area contributed by atoms with E-state index in [-0.39, 0.29) is 17.5 Å². The summed E-state index contributed by atoms with van der Waals surface area (Å²) in [5, 5.41) is 10.4. The van der Waals surface area contributed by atoms with Gasteiger partial charge in [-0.3, -0.25) is 10.2 Å². The minimum absolute atomic E-state index is 0.0201. The van der Waals surface area contributed by atoms with Crippen LogP contribution in [0.4, 0.5) is 5.69 Å². The highest BCUT2D eigenvalue weighted by Crippen LogP contribution is 2.29. The van der Waals surface area contributed by atoms with Crippen molar-refractivity contribution in [1.29, 1.82) is 5.41 Å². The Morgan fingerprint density at radius 3 is 2.38 bits per heavy atom. The maximum Gasteiger partial charge on any atom is 0.265 e. The fourth-order valence-electron chi connectivity index (χ4n) is 3.49. The molecule has 0 aromatic heterocycles. The molecule has 0 saturated carbocycles. The number of ether oxygens (including phenoxy) is 1. The third-order valence-corrected chi connectivity index (χ3v) is 7.12. The molecule has 0 radical (unpaired) electrons. The molecule has 3 rings (SSSR count). The molecule has 3 aromatic carbocycles. The summed E-state index contributed by atoms with van der Waals surface area (Å²) in [5.41, 5.74) is 8.01. The molecule has 4 N–H and O–H groups in total. The molecule has 0 saturated heterocycles. The number of rotatable bonds is 10. The molecule has 0 aliphatic carbocycles. The fraction of sp³-hybridized carbons (Fsp3) is 0.231. The van der Waals surface area contributed by atoms with E-state index in [4.69, 9.17) is 15.9 Å². The van der Waals surface area contributed by atoms with Crippen molar-refractivity contribution in [3.05, 3.63) is 78.4 Å². The van der Waals surface area contributed by atoms with Gasteiger partial charge in [-0.15, -0.1) is 0 Å². The van der Waals surface area contributed by atoms with E-state index in [0.717, 1.165) is 12.0 Å². The number of hydrogen-bond donors (Lipinski definition) is 3. The summed E-state index contributed by atoms with van der Waals surface area (Å²) in [6.45, 7) is 3.59. The standard InChI is InChI=1S/C26H29N3O4S/c1-3-8-23(33-21-10-7-9-19(17-21)25(27)28)26(30)29-20-15-13-18(14-16-20)22-11-5-6-12-24(22)34(31,32)4-2/h5-7,9-17,23H,3-4,8H2,1-2H3,(H3,27,28)(H,29,30). The summed E-state index contributed by atoms with van der Waals surface area (Å²) in [7, 11) is -3.37. The van der Waals surface area contributed by atoms with E-state index >= 15 is 0 Å². The Balaban J connectivity index is 1.77. The molecule has 0 aliphatic heterocycles. The lowest BCUT2D eigenvalue weighted by Crippen LogP contribution is -2.33. The van der Waals surface area contributed by atoms with Crippen LogP contribution >= 0.6 is 0 Å². The number of anilines is 1. The van der Waals surface area contributed by atoms with E-state index in [1.54, 1.807) is 79.7 Å². The maximum atomic E-state index is 12.9. The van der Waals surface area contributed by atoms with Crippen molar-refractivity contribution in [1.82, 2.24) is 0 Å². The largest absolute Gasteiger partial charge is 0.481 e. The van der Waals surface area contributed by atoms with Crippen LogP contribution in [0.3, 0.4) is 0 Å². The number of benzene rings is 3. The smallest absolute Gasteiger partial charge is 0.265 e. The van der Waals surface area contributed by atoms with E-state index in [2.05, 4.69) is 5.32 Å². The quantitative estimate of drug-likeness (QED) is 0.289. The summed E-state index contributed by atoms with van der Waals surface area (Å²) in [6.07, 6.45) is 0.532. The van der Waals surface area contributed by atoms with Crippen molar-refractivity contribution < 1.29 is 17.9 Å². The van der Waals surface area contributed by atoms with Gasteiger partial charge in [0.1, 0.15) is 11.6 Å². The first-order chi connectivity index (χ1) is 16.2. The van der Waals surface area contributed by atoms with Crippen molar-refractivity contribution in [3.8, 4) is 16.9 Å². The minimum Gasteiger partial charge on any atom is -0.481 e. The summed E-state index contributed by atoms with van der Waals surface area (Å²) >= 11 is 0. The molecule has 3 aromatic rings. The van der Waals surface area contributed by atoms with Gasteiger partial charge in [0, 0.05) is 16.8 Å². The predicted octanol–water partition coefficient (Wildman–Crippen LogP) is 4.62. The number of sulfone groups is 1. The topological polar surface area (TPSA) is 122 Å². The molecule has 1 amide bonds. The number of nitrogen functional groups attached to an aromatic ring is 1. The maximum absolute atomic E-state index is 12.9. The number of carbonyl (C=O) groups excluding carboxylic acids is 1. The molecular weight excluding hydrogens is 450 g/mol. The Kier molecular flexibility index (Phi) is 8.07. The summed E-state index contributed by atoms with van der Waals surface area (Å²) in [4.78, 5) is 13.2. The third kappa shape index (κ3) is 6.02. The zero-order chi connectivity index (χ0) is 24.7. The number of nitrogens with two attached hydrogens (primary N) is 1. The lowest BCUT2D eigenvalue weighted by atomic mass is 10.1. The first kappa shape index (κ1) is 25.0. The Bertz CT molecular complexity index is 1270. The number of nitrogens with one attached hydrogen (secondary N) is 2. The number of hydrogen-bond acceptors (Lipinski definition) is 5. The highest BCUT2D eigenvalue weighted by atomic mass is 32.2. The second-order valence-corrected chi connectivity index (χ2v) is 10.0. The Labute approximate surface area is 200 Å². The van der Waals surface area contributed by atoms with E-state index < -0.39 is 15.9 Å². The summed E-state index contributed by atoms with van der Waals surface area (Å²) < 4.78 is 30.8. The molecule has 8 heteroatoms. The van der Waals surface area contributed by atoms with Gasteiger partial charge in [0.05, 0.1) is 10.6 Å². The average molecular weight is 480 g/mol. The average Bonchev–Trinajstić information content (AvgIpc) is 2.84. The van der Waals surface area contributed by atoms with Crippen molar-refractivity contribution >= 4 is 27.3 Å². The lowest BCUT2D eigenvalue weighted by molar-refractivity contribution is -0.123. The first-order valence-corrected chi connectivity index (χ1v) is 12.7. The van der Waals surface area contributed by atoms with Crippen LogP contribution in [0.5, 0.6) is 5.75 Å². The normalized spacial score (nSPS) is 12.1. The molecular formula is C26H29N3O4S. The van der Waals surface area contributed by atoms with Gasteiger partial charge in [-0.1, -0.05) is 62.7 Å².